The van der Waals surface area contributed by atoms with Crippen LogP contribution in [-0.4, -0.2) is 74.3 Å². The van der Waals surface area contributed by atoms with Gasteiger partial charge in [-0.3, -0.25) is 18.6 Å². The molecule has 74 heavy (non-hydrogen) atoms. The van der Waals surface area contributed by atoms with E-state index in [2.05, 4.69) is 111 Å². The van der Waals surface area contributed by atoms with E-state index in [1.807, 2.05) is 33.3 Å². The summed E-state index contributed by atoms with van der Waals surface area (Å²) in [5.74, 6) is -0.541. The SMILES string of the molecule is CC/C=C\C/C=C\C/C=C\C/C=C\C/C=C\CCCCCCCC(=O)NC(COP(=O)(O)OCC[N+](C)(C)C)C(/C=C\CCCCCCCCCCCCC)OC(=O)CCCCCCCCC/C=C/C/C=C/CC. The van der Waals surface area contributed by atoms with Crippen LogP contribution in [-0.2, 0) is 27.9 Å². The monoisotopic (exact) mass is 1050 g/mol. The molecule has 2 N–H and O–H groups in total. The Morgan fingerprint density at radius 2 is 0.865 bits per heavy atom. The molecule has 0 radical (unpaired) electrons. The predicted octanol–water partition coefficient (Wildman–Crippen LogP) is 18.4. The van der Waals surface area contributed by atoms with Crippen LogP contribution in [0.5, 0.6) is 0 Å². The first-order chi connectivity index (χ1) is 35.9. The van der Waals surface area contributed by atoms with Gasteiger partial charge < -0.3 is 19.4 Å². The van der Waals surface area contributed by atoms with Gasteiger partial charge in [-0.25, -0.2) is 4.57 Å². The fourth-order valence-electron chi connectivity index (χ4n) is 8.18. The number of amides is 1. The highest BCUT2D eigenvalue weighted by atomic mass is 31.2. The Labute approximate surface area is 456 Å². The molecular formula is C64H114N2O7P+. The van der Waals surface area contributed by atoms with Crippen LogP contribution in [0, 0.1) is 0 Å². The number of phosphoric acid groups is 1. The zero-order valence-corrected chi connectivity index (χ0v) is 49.4. The van der Waals surface area contributed by atoms with Crippen molar-refractivity contribution in [3.63, 3.8) is 0 Å². The topological polar surface area (TPSA) is 111 Å². The third-order valence-corrected chi connectivity index (χ3v) is 13.8. The quantitative estimate of drug-likeness (QED) is 0.0205. The molecule has 0 aliphatic rings. The fraction of sp³-hybridized carbons (Fsp3) is 0.719. The smallest absolute Gasteiger partial charge is 0.456 e. The van der Waals surface area contributed by atoms with Crippen LogP contribution in [0.3, 0.4) is 0 Å². The number of esters is 1. The number of phosphoric ester groups is 1. The Hall–Kier alpha value is -3.07. The summed E-state index contributed by atoms with van der Waals surface area (Å²) in [6.45, 7) is 6.77. The van der Waals surface area contributed by atoms with Crippen LogP contribution in [0.15, 0.2) is 97.2 Å². The van der Waals surface area contributed by atoms with Crippen LogP contribution in [0.25, 0.3) is 0 Å². The maximum absolute atomic E-state index is 13.5. The zero-order valence-electron chi connectivity index (χ0n) is 48.6. The van der Waals surface area contributed by atoms with Crippen LogP contribution in [0.2, 0.25) is 0 Å². The molecular weight excluding hydrogens is 940 g/mol. The van der Waals surface area contributed by atoms with Crippen molar-refractivity contribution in [2.45, 2.75) is 258 Å². The average molecular weight is 1050 g/mol. The summed E-state index contributed by atoms with van der Waals surface area (Å²) < 4.78 is 30.6. The van der Waals surface area contributed by atoms with Crippen molar-refractivity contribution in [2.24, 2.45) is 0 Å². The number of carbonyl (C=O) groups excluding carboxylic acids is 2. The second-order valence-electron chi connectivity index (χ2n) is 21.1. The summed E-state index contributed by atoms with van der Waals surface area (Å²) >= 11 is 0. The van der Waals surface area contributed by atoms with Gasteiger partial charge in [-0.2, -0.15) is 0 Å². The molecule has 0 aliphatic heterocycles. The van der Waals surface area contributed by atoms with Gasteiger partial charge in [-0.05, 0) is 102 Å². The summed E-state index contributed by atoms with van der Waals surface area (Å²) in [6.07, 6.45) is 71.1. The largest absolute Gasteiger partial charge is 0.472 e. The Morgan fingerprint density at radius 1 is 0.486 bits per heavy atom. The molecule has 1 amide bonds. The second kappa shape index (κ2) is 53.3. The Balaban J connectivity index is 5.35. The average Bonchev–Trinajstić information content (AvgIpc) is 3.36. The number of nitrogens with zero attached hydrogens (tertiary/aromatic N) is 1. The van der Waals surface area contributed by atoms with E-state index >= 15 is 0 Å². The van der Waals surface area contributed by atoms with E-state index in [-0.39, 0.29) is 31.5 Å². The number of likely N-dealkylation sites (N-methyl/N-ethyl adjacent to an activating group) is 1. The van der Waals surface area contributed by atoms with E-state index in [1.54, 1.807) is 0 Å². The molecule has 0 aromatic rings. The lowest BCUT2D eigenvalue weighted by molar-refractivity contribution is -0.870. The third kappa shape index (κ3) is 53.7. The van der Waals surface area contributed by atoms with Gasteiger partial charge in [-0.1, -0.05) is 227 Å². The highest BCUT2D eigenvalue weighted by molar-refractivity contribution is 7.47. The van der Waals surface area contributed by atoms with E-state index in [1.165, 1.54) is 77.0 Å². The van der Waals surface area contributed by atoms with Crippen molar-refractivity contribution in [1.82, 2.24) is 5.32 Å². The van der Waals surface area contributed by atoms with Crippen LogP contribution < -0.4 is 5.32 Å². The molecule has 0 rings (SSSR count). The van der Waals surface area contributed by atoms with E-state index in [0.717, 1.165) is 135 Å². The van der Waals surface area contributed by atoms with Crippen LogP contribution in [0.1, 0.15) is 245 Å². The highest BCUT2D eigenvalue weighted by Gasteiger charge is 2.30. The second-order valence-corrected chi connectivity index (χ2v) is 22.6. The van der Waals surface area contributed by atoms with Gasteiger partial charge in [0.25, 0.3) is 0 Å². The molecule has 0 bridgehead atoms. The summed E-state index contributed by atoms with van der Waals surface area (Å²) in [7, 11) is 1.46. The molecule has 0 aliphatic carbocycles. The van der Waals surface area contributed by atoms with Gasteiger partial charge in [0.2, 0.25) is 5.91 Å². The number of hydrogen-bond donors (Lipinski definition) is 2. The van der Waals surface area contributed by atoms with E-state index in [4.69, 9.17) is 13.8 Å². The number of quaternary nitrogens is 1. The molecule has 0 saturated heterocycles. The summed E-state index contributed by atoms with van der Waals surface area (Å²) in [5.41, 5.74) is 0. The van der Waals surface area contributed by atoms with Gasteiger partial charge >= 0.3 is 13.8 Å². The van der Waals surface area contributed by atoms with Crippen LogP contribution >= 0.6 is 7.82 Å². The van der Waals surface area contributed by atoms with Gasteiger partial charge in [0.15, 0.2) is 0 Å². The maximum Gasteiger partial charge on any atom is 0.472 e. The number of nitrogens with one attached hydrogen (secondary N) is 1. The summed E-state index contributed by atoms with van der Waals surface area (Å²) in [6, 6.07) is -0.867. The Kier molecular flexibility index (Phi) is 51.1. The van der Waals surface area contributed by atoms with E-state index in [9.17, 15) is 19.0 Å². The minimum Gasteiger partial charge on any atom is -0.456 e. The van der Waals surface area contributed by atoms with E-state index < -0.39 is 20.0 Å². The first-order valence-corrected chi connectivity index (χ1v) is 31.6. The van der Waals surface area contributed by atoms with Crippen LogP contribution in [0.4, 0.5) is 0 Å². The van der Waals surface area contributed by atoms with Crippen molar-refractivity contribution in [1.29, 1.82) is 0 Å². The van der Waals surface area contributed by atoms with Gasteiger partial charge in [-0.15, -0.1) is 0 Å². The van der Waals surface area contributed by atoms with Crippen molar-refractivity contribution < 1.29 is 37.3 Å². The van der Waals surface area contributed by atoms with Gasteiger partial charge in [0, 0.05) is 12.8 Å². The summed E-state index contributed by atoms with van der Waals surface area (Å²) in [4.78, 5) is 37.7. The minimum atomic E-state index is -4.46. The number of rotatable bonds is 53. The molecule has 0 spiro atoms. The number of ether oxygens (including phenoxy) is 1. The predicted molar refractivity (Wildman–Crippen MR) is 318 cm³/mol. The molecule has 0 heterocycles. The molecule has 9 nitrogen and oxygen atoms in total. The van der Waals surface area contributed by atoms with Crippen molar-refractivity contribution in [2.75, 3.05) is 40.9 Å². The lowest BCUT2D eigenvalue weighted by atomic mass is 10.0. The van der Waals surface area contributed by atoms with Crippen molar-refractivity contribution >= 4 is 19.7 Å². The molecule has 3 unspecified atom stereocenters. The molecule has 3 atom stereocenters. The number of carbonyl (C=O) groups is 2. The van der Waals surface area contributed by atoms with Crippen molar-refractivity contribution in [3.05, 3.63) is 97.2 Å². The number of allylic oxidation sites excluding steroid dienone is 15. The highest BCUT2D eigenvalue weighted by Crippen LogP contribution is 2.43. The summed E-state index contributed by atoms with van der Waals surface area (Å²) in [5, 5.41) is 3.04. The first kappa shape index (κ1) is 70.9. The van der Waals surface area contributed by atoms with Crippen molar-refractivity contribution in [3.8, 4) is 0 Å². The Bertz CT molecular complexity index is 1590. The molecule has 426 valence electrons. The van der Waals surface area contributed by atoms with E-state index in [0.29, 0.717) is 17.4 Å². The number of unbranched alkanes of at least 4 members (excludes halogenated alkanes) is 23. The fourth-order valence-corrected chi connectivity index (χ4v) is 8.92. The molecule has 10 heteroatoms. The maximum atomic E-state index is 13.5. The number of hydrogen-bond acceptors (Lipinski definition) is 6. The molecule has 0 aromatic heterocycles. The molecule has 0 fully saturated rings. The van der Waals surface area contributed by atoms with Gasteiger partial charge in [0.05, 0.1) is 33.8 Å². The third-order valence-electron chi connectivity index (χ3n) is 12.8. The Morgan fingerprint density at radius 3 is 1.30 bits per heavy atom. The minimum absolute atomic E-state index is 0.0302. The zero-order chi connectivity index (χ0) is 54.3. The molecule has 0 aromatic carbocycles. The molecule has 0 saturated carbocycles. The van der Waals surface area contributed by atoms with Gasteiger partial charge in [0.1, 0.15) is 19.3 Å². The lowest BCUT2D eigenvalue weighted by Gasteiger charge is -2.27. The normalized spacial score (nSPS) is 14.4. The first-order valence-electron chi connectivity index (χ1n) is 30.1. The lowest BCUT2D eigenvalue weighted by Crippen LogP contribution is -2.47. The standard InChI is InChI=1S/C64H113N2O7P/c1-7-10-13-16-19-22-25-28-30-31-32-33-34-35-36-38-41-44-47-50-53-56-63(67)65-61(60-72-74(69,70)71-59-58-66(4,5)6)62(55-52-49-46-43-40-37-27-24-21-18-15-12-9-3)73-64(68)57-54-51-48-45-42-39-29-26-23-20-17-14-11-8-2/h10-11,13-14,19-20,22-23,28,30,32-33,35-36,52,55,61-62H,7-9,12,15-18,21,24-27,29,31,34,37-51,53-54,56-60H2,1-6H3,(H-,65,67,69,70)/p+1/b13-10-,14-11+,22-19-,23-20+,30-28-,33-32-,36-35-,55-52-.